The Kier molecular flexibility index (Phi) is 6.79. The Hall–Kier alpha value is -3.58. The molecule has 0 bridgehead atoms. The minimum atomic E-state index is -0.369. The number of nitro benzene ring substituents is 1. The van der Waals surface area contributed by atoms with Gasteiger partial charge in [-0.3, -0.25) is 14.9 Å². The van der Waals surface area contributed by atoms with Crippen LogP contribution in [0.4, 0.5) is 17.1 Å². The molecule has 0 spiro atoms. The van der Waals surface area contributed by atoms with Gasteiger partial charge in [0.05, 0.1) is 4.92 Å². The first-order valence-electron chi connectivity index (χ1n) is 10.8. The second-order valence-electron chi connectivity index (χ2n) is 8.02. The molecule has 1 heterocycles. The van der Waals surface area contributed by atoms with Gasteiger partial charge < -0.3 is 15.1 Å². The lowest BCUT2D eigenvalue weighted by molar-refractivity contribution is -0.384. The largest absolute Gasteiger partial charge is 0.373 e. The highest BCUT2D eigenvalue weighted by Gasteiger charge is 2.24. The SMILES string of the molecule is CC(Nc1cc(N2CCN(C(=O)c3ccc(Cl)cc3)CC2)ccc1[N+](=O)[O-])c1ccccc1. The Morgan fingerprint density at radius 3 is 2.30 bits per heavy atom. The molecule has 0 saturated carbocycles. The van der Waals surface area contributed by atoms with Gasteiger partial charge in [-0.1, -0.05) is 41.9 Å². The standard InChI is InChI=1S/C25H25ClN4O3/c1-18(19-5-3-2-4-6-19)27-23-17-22(11-12-24(23)30(32)33)28-13-15-29(16-14-28)25(31)20-7-9-21(26)10-8-20/h2-12,17-18,27H,13-16H2,1H3. The van der Waals surface area contributed by atoms with Crippen LogP contribution in [0, 0.1) is 10.1 Å². The van der Waals surface area contributed by atoms with Crippen molar-refractivity contribution in [3.63, 3.8) is 0 Å². The molecule has 1 aliphatic heterocycles. The van der Waals surface area contributed by atoms with E-state index in [1.807, 2.05) is 48.2 Å². The molecule has 7 nitrogen and oxygen atoms in total. The van der Waals surface area contributed by atoms with Crippen LogP contribution >= 0.6 is 11.6 Å². The van der Waals surface area contributed by atoms with Crippen LogP contribution in [-0.2, 0) is 0 Å². The lowest BCUT2D eigenvalue weighted by Gasteiger charge is -2.36. The van der Waals surface area contributed by atoms with Crippen LogP contribution < -0.4 is 10.2 Å². The maximum atomic E-state index is 12.8. The third-order valence-corrected chi connectivity index (χ3v) is 6.12. The van der Waals surface area contributed by atoms with Crippen LogP contribution in [-0.4, -0.2) is 41.9 Å². The smallest absolute Gasteiger partial charge is 0.292 e. The monoisotopic (exact) mass is 464 g/mol. The number of piperazine rings is 1. The van der Waals surface area contributed by atoms with Gasteiger partial charge in [-0.25, -0.2) is 0 Å². The average Bonchev–Trinajstić information content (AvgIpc) is 2.84. The molecule has 1 saturated heterocycles. The molecular weight excluding hydrogens is 440 g/mol. The third-order valence-electron chi connectivity index (χ3n) is 5.87. The predicted molar refractivity (Wildman–Crippen MR) is 131 cm³/mol. The molecule has 33 heavy (non-hydrogen) atoms. The van der Waals surface area contributed by atoms with Gasteiger partial charge in [0, 0.05) is 54.6 Å². The fourth-order valence-electron chi connectivity index (χ4n) is 4.00. The lowest BCUT2D eigenvalue weighted by atomic mass is 10.1. The number of nitrogens with zero attached hydrogens (tertiary/aromatic N) is 3. The number of carbonyl (C=O) groups excluding carboxylic acids is 1. The van der Waals surface area contributed by atoms with Crippen molar-refractivity contribution in [2.75, 3.05) is 36.4 Å². The van der Waals surface area contributed by atoms with E-state index in [9.17, 15) is 14.9 Å². The lowest BCUT2D eigenvalue weighted by Crippen LogP contribution is -2.48. The van der Waals surface area contributed by atoms with Crippen LogP contribution in [0.3, 0.4) is 0 Å². The van der Waals surface area contributed by atoms with E-state index in [2.05, 4.69) is 10.2 Å². The first kappa shape index (κ1) is 22.6. The van der Waals surface area contributed by atoms with E-state index < -0.39 is 0 Å². The summed E-state index contributed by atoms with van der Waals surface area (Å²) in [7, 11) is 0. The zero-order valence-corrected chi connectivity index (χ0v) is 19.0. The summed E-state index contributed by atoms with van der Waals surface area (Å²) in [5, 5.41) is 15.5. The van der Waals surface area contributed by atoms with Crippen molar-refractivity contribution < 1.29 is 9.72 Å². The molecule has 4 rings (SSSR count). The second kappa shape index (κ2) is 9.92. The highest BCUT2D eigenvalue weighted by atomic mass is 35.5. The molecule has 1 atom stereocenters. The molecule has 0 aliphatic carbocycles. The zero-order valence-electron chi connectivity index (χ0n) is 18.3. The summed E-state index contributed by atoms with van der Waals surface area (Å²) in [5.41, 5.74) is 3.07. The number of benzene rings is 3. The Morgan fingerprint density at radius 1 is 1.00 bits per heavy atom. The molecule has 1 N–H and O–H groups in total. The maximum Gasteiger partial charge on any atom is 0.292 e. The minimum Gasteiger partial charge on any atom is -0.373 e. The van der Waals surface area contributed by atoms with Crippen LogP contribution in [0.2, 0.25) is 5.02 Å². The molecule has 170 valence electrons. The molecule has 1 unspecified atom stereocenters. The fourth-order valence-corrected chi connectivity index (χ4v) is 4.12. The van der Waals surface area contributed by atoms with Gasteiger partial charge >= 0.3 is 0 Å². The van der Waals surface area contributed by atoms with Crippen molar-refractivity contribution in [3.8, 4) is 0 Å². The van der Waals surface area contributed by atoms with Gasteiger partial charge in [0.2, 0.25) is 0 Å². The number of hydrogen-bond acceptors (Lipinski definition) is 5. The number of amides is 1. The number of nitrogens with one attached hydrogen (secondary N) is 1. The van der Waals surface area contributed by atoms with Crippen LogP contribution in [0.5, 0.6) is 0 Å². The topological polar surface area (TPSA) is 78.7 Å². The molecule has 0 radical (unpaired) electrons. The Morgan fingerprint density at radius 2 is 1.67 bits per heavy atom. The molecule has 3 aromatic carbocycles. The maximum absolute atomic E-state index is 12.8. The number of anilines is 2. The van der Waals surface area contributed by atoms with Crippen molar-refractivity contribution in [1.82, 2.24) is 4.90 Å². The Bertz CT molecular complexity index is 1130. The van der Waals surface area contributed by atoms with Crippen molar-refractivity contribution in [1.29, 1.82) is 0 Å². The number of nitro groups is 1. The van der Waals surface area contributed by atoms with E-state index in [1.165, 1.54) is 0 Å². The van der Waals surface area contributed by atoms with Crippen LogP contribution in [0.15, 0.2) is 72.8 Å². The Labute approximate surface area is 197 Å². The van der Waals surface area contributed by atoms with Crippen molar-refractivity contribution in [3.05, 3.63) is 99.1 Å². The number of carbonyl (C=O) groups is 1. The van der Waals surface area contributed by atoms with E-state index in [0.29, 0.717) is 42.5 Å². The van der Waals surface area contributed by atoms with E-state index in [0.717, 1.165) is 11.3 Å². The predicted octanol–water partition coefficient (Wildman–Crippen LogP) is 5.38. The molecule has 8 heteroatoms. The molecule has 1 aliphatic rings. The molecule has 1 amide bonds. The zero-order chi connectivity index (χ0) is 23.4. The highest BCUT2D eigenvalue weighted by molar-refractivity contribution is 6.30. The first-order valence-corrected chi connectivity index (χ1v) is 11.2. The van der Waals surface area contributed by atoms with Crippen molar-refractivity contribution >= 4 is 34.6 Å². The molecular formula is C25H25ClN4O3. The summed E-state index contributed by atoms with van der Waals surface area (Å²) in [6.07, 6.45) is 0. The third kappa shape index (κ3) is 5.26. The summed E-state index contributed by atoms with van der Waals surface area (Å²) < 4.78 is 0. The Balaban J connectivity index is 1.47. The summed E-state index contributed by atoms with van der Waals surface area (Å²) in [6, 6.07) is 21.8. The van der Waals surface area contributed by atoms with Crippen LogP contribution in [0.1, 0.15) is 28.9 Å². The van der Waals surface area contributed by atoms with E-state index in [1.54, 1.807) is 36.4 Å². The first-order chi connectivity index (χ1) is 15.9. The van der Waals surface area contributed by atoms with Gasteiger partial charge in [0.1, 0.15) is 5.69 Å². The van der Waals surface area contributed by atoms with Crippen LogP contribution in [0.25, 0.3) is 0 Å². The van der Waals surface area contributed by atoms with Crippen molar-refractivity contribution in [2.45, 2.75) is 13.0 Å². The van der Waals surface area contributed by atoms with Gasteiger partial charge in [-0.2, -0.15) is 0 Å². The summed E-state index contributed by atoms with van der Waals surface area (Å²) in [6.45, 7) is 4.41. The highest BCUT2D eigenvalue weighted by Crippen LogP contribution is 2.33. The second-order valence-corrected chi connectivity index (χ2v) is 8.46. The van der Waals surface area contributed by atoms with E-state index >= 15 is 0 Å². The number of rotatable bonds is 6. The normalized spacial score (nSPS) is 14.6. The summed E-state index contributed by atoms with van der Waals surface area (Å²) in [5.74, 6) is -0.0194. The van der Waals surface area contributed by atoms with Crippen molar-refractivity contribution in [2.24, 2.45) is 0 Å². The van der Waals surface area contributed by atoms with Gasteiger partial charge in [-0.15, -0.1) is 0 Å². The van der Waals surface area contributed by atoms with Gasteiger partial charge in [0.25, 0.3) is 11.6 Å². The quantitative estimate of drug-likeness (QED) is 0.391. The molecule has 0 aromatic heterocycles. The molecule has 3 aromatic rings. The summed E-state index contributed by atoms with van der Waals surface area (Å²) in [4.78, 5) is 28.0. The van der Waals surface area contributed by atoms with E-state index in [-0.39, 0.29) is 22.6 Å². The summed E-state index contributed by atoms with van der Waals surface area (Å²) >= 11 is 5.92. The number of halogens is 1. The van der Waals surface area contributed by atoms with Gasteiger partial charge in [0.15, 0.2) is 0 Å². The average molecular weight is 465 g/mol. The fraction of sp³-hybridized carbons (Fsp3) is 0.240. The van der Waals surface area contributed by atoms with E-state index in [4.69, 9.17) is 11.6 Å². The minimum absolute atomic E-state index is 0.0194. The van der Waals surface area contributed by atoms with Gasteiger partial charge in [-0.05, 0) is 48.9 Å². The molecule has 1 fully saturated rings. The number of hydrogen-bond donors (Lipinski definition) is 1.